The van der Waals surface area contributed by atoms with Gasteiger partial charge in [-0.05, 0) is 52.7 Å². The number of pyridine rings is 2. The molecule has 0 aliphatic carbocycles. The lowest BCUT2D eigenvalue weighted by atomic mass is 10.0. The summed E-state index contributed by atoms with van der Waals surface area (Å²) in [4.78, 5) is 21.2. The zero-order chi connectivity index (χ0) is 24.4. The number of sulfonamides is 1. The molecule has 2 aromatic heterocycles. The molecule has 0 aliphatic rings. The van der Waals surface area contributed by atoms with Crippen LogP contribution in [0.3, 0.4) is 0 Å². The third-order valence-corrected chi connectivity index (χ3v) is 6.98. The third-order valence-electron chi connectivity index (χ3n) is 5.56. The van der Waals surface area contributed by atoms with Crippen molar-refractivity contribution in [1.29, 1.82) is 0 Å². The summed E-state index contributed by atoms with van der Waals surface area (Å²) < 4.78 is 28.9. The Kier molecular flexibility index (Phi) is 5.76. The second-order valence-electron chi connectivity index (χ2n) is 7.95. The van der Waals surface area contributed by atoms with Gasteiger partial charge in [0.25, 0.3) is 15.9 Å². The Morgan fingerprint density at radius 3 is 2.51 bits per heavy atom. The smallest absolute Gasteiger partial charge is 0.264 e. The maximum Gasteiger partial charge on any atom is 0.264 e. The fourth-order valence-corrected chi connectivity index (χ4v) is 5.10. The highest BCUT2D eigenvalue weighted by molar-refractivity contribution is 7.93. The minimum Gasteiger partial charge on any atom is -0.384 e. The van der Waals surface area contributed by atoms with Gasteiger partial charge in [0.1, 0.15) is 10.7 Å². The number of rotatable bonds is 6. The molecular formula is C26H21N5O3S. The number of hydrogen-bond acceptors (Lipinski definition) is 6. The number of anilines is 2. The number of carbonyl (C=O) groups is 1. The maximum atomic E-state index is 13.1. The molecule has 0 saturated heterocycles. The lowest BCUT2D eigenvalue weighted by Crippen LogP contribution is -2.23. The predicted octanol–water partition coefficient (Wildman–Crippen LogP) is 4.10. The number of amides is 1. The van der Waals surface area contributed by atoms with Crippen molar-refractivity contribution in [2.75, 3.05) is 10.5 Å². The zero-order valence-corrected chi connectivity index (χ0v) is 19.3. The molecule has 0 aliphatic heterocycles. The van der Waals surface area contributed by atoms with Crippen molar-refractivity contribution in [2.24, 2.45) is 0 Å². The van der Waals surface area contributed by atoms with Gasteiger partial charge in [-0.1, -0.05) is 42.5 Å². The lowest BCUT2D eigenvalue weighted by Gasteiger charge is -2.12. The molecule has 5 rings (SSSR count). The maximum absolute atomic E-state index is 13.1. The summed E-state index contributed by atoms with van der Waals surface area (Å²) >= 11 is 0. The van der Waals surface area contributed by atoms with Gasteiger partial charge in [0, 0.05) is 35.6 Å². The van der Waals surface area contributed by atoms with Crippen molar-refractivity contribution in [1.82, 2.24) is 15.3 Å². The molecule has 0 saturated carbocycles. The van der Waals surface area contributed by atoms with E-state index < -0.39 is 10.0 Å². The average molecular weight is 484 g/mol. The first-order valence-corrected chi connectivity index (χ1v) is 12.3. The van der Waals surface area contributed by atoms with Crippen LogP contribution in [0.25, 0.3) is 21.7 Å². The summed E-state index contributed by atoms with van der Waals surface area (Å²) in [5.74, 6) is 0.167. The molecule has 8 nitrogen and oxygen atoms in total. The summed E-state index contributed by atoms with van der Waals surface area (Å²) in [6, 6.07) is 22.5. The van der Waals surface area contributed by atoms with Crippen molar-refractivity contribution in [3.05, 3.63) is 102 Å². The number of carbonyl (C=O) groups excluding carboxylic acids is 1. The quantitative estimate of drug-likeness (QED) is 0.334. The lowest BCUT2D eigenvalue weighted by molar-refractivity contribution is 0.0952. The predicted molar refractivity (Wildman–Crippen MR) is 136 cm³/mol. The van der Waals surface area contributed by atoms with Crippen LogP contribution in [0.15, 0.2) is 96.2 Å². The van der Waals surface area contributed by atoms with E-state index in [2.05, 4.69) is 20.0 Å². The minimum atomic E-state index is -3.88. The number of nitrogens with two attached hydrogens (primary N) is 1. The Hall–Kier alpha value is -4.50. The first kappa shape index (κ1) is 22.3. The molecule has 9 heteroatoms. The third kappa shape index (κ3) is 4.62. The van der Waals surface area contributed by atoms with Crippen LogP contribution in [0.4, 0.5) is 11.5 Å². The van der Waals surface area contributed by atoms with Crippen molar-refractivity contribution >= 4 is 49.1 Å². The van der Waals surface area contributed by atoms with E-state index in [4.69, 9.17) is 5.73 Å². The van der Waals surface area contributed by atoms with Gasteiger partial charge in [-0.2, -0.15) is 0 Å². The van der Waals surface area contributed by atoms with Crippen molar-refractivity contribution in [3.63, 3.8) is 0 Å². The summed E-state index contributed by atoms with van der Waals surface area (Å²) in [5.41, 5.74) is 7.70. The molecule has 1 amide bonds. The van der Waals surface area contributed by atoms with Crippen LogP contribution in [0.2, 0.25) is 0 Å². The van der Waals surface area contributed by atoms with E-state index in [9.17, 15) is 13.2 Å². The topological polar surface area (TPSA) is 127 Å². The molecule has 0 fully saturated rings. The van der Waals surface area contributed by atoms with Crippen molar-refractivity contribution in [3.8, 4) is 0 Å². The minimum absolute atomic E-state index is 0.0981. The van der Waals surface area contributed by atoms with Gasteiger partial charge in [-0.3, -0.25) is 14.5 Å². The summed E-state index contributed by atoms with van der Waals surface area (Å²) in [7, 11) is -3.88. The number of nitrogens with one attached hydrogen (secondary N) is 2. The normalized spacial score (nSPS) is 11.4. The van der Waals surface area contributed by atoms with Crippen LogP contribution in [-0.4, -0.2) is 24.3 Å². The zero-order valence-electron chi connectivity index (χ0n) is 18.5. The number of para-hydroxylation sites is 1. The van der Waals surface area contributed by atoms with E-state index in [1.54, 1.807) is 67.0 Å². The summed E-state index contributed by atoms with van der Waals surface area (Å²) in [5, 5.41) is 5.04. The van der Waals surface area contributed by atoms with E-state index in [1.807, 2.05) is 18.2 Å². The second kappa shape index (κ2) is 9.03. The number of benzene rings is 3. The van der Waals surface area contributed by atoms with Crippen LogP contribution in [0, 0.1) is 0 Å². The standard InChI is InChI=1S/C26H21N5O3S/c27-24-12-9-17(15-29-24)16-30-26(32)22-7-1-5-19-14-20(10-11-21(19)22)31-35(33,34)23-8-2-4-18-6-3-13-28-25(18)23/h1-15,31H,16H2,(H2,27,29)(H,30,32). The van der Waals surface area contributed by atoms with Gasteiger partial charge in [-0.25, -0.2) is 13.4 Å². The molecule has 0 radical (unpaired) electrons. The van der Waals surface area contributed by atoms with Crippen LogP contribution < -0.4 is 15.8 Å². The molecule has 0 bridgehead atoms. The first-order valence-electron chi connectivity index (χ1n) is 10.8. The van der Waals surface area contributed by atoms with E-state index in [-0.39, 0.29) is 10.8 Å². The van der Waals surface area contributed by atoms with Crippen LogP contribution in [-0.2, 0) is 16.6 Å². The SMILES string of the molecule is Nc1ccc(CNC(=O)c2cccc3cc(NS(=O)(=O)c4cccc5cccnc45)ccc23)cn1. The largest absolute Gasteiger partial charge is 0.384 e. The van der Waals surface area contributed by atoms with Crippen LogP contribution >= 0.6 is 0 Å². The molecule has 0 atom stereocenters. The van der Waals surface area contributed by atoms with Crippen LogP contribution in [0.1, 0.15) is 15.9 Å². The van der Waals surface area contributed by atoms with Gasteiger partial charge in [0.05, 0.1) is 5.52 Å². The molecule has 174 valence electrons. The van der Waals surface area contributed by atoms with Gasteiger partial charge in [0.2, 0.25) is 0 Å². The summed E-state index contributed by atoms with van der Waals surface area (Å²) in [6.45, 7) is 0.305. The number of aromatic nitrogens is 2. The number of nitrogens with zero attached hydrogens (tertiary/aromatic N) is 2. The highest BCUT2D eigenvalue weighted by Gasteiger charge is 2.19. The first-order chi connectivity index (χ1) is 16.9. The molecular weight excluding hydrogens is 462 g/mol. The number of hydrogen-bond donors (Lipinski definition) is 3. The Labute approximate surface area is 201 Å². The molecule has 4 N–H and O–H groups in total. The molecule has 5 aromatic rings. The Morgan fingerprint density at radius 2 is 1.69 bits per heavy atom. The highest BCUT2D eigenvalue weighted by atomic mass is 32.2. The Balaban J connectivity index is 1.40. The number of fused-ring (bicyclic) bond motifs is 2. The van der Waals surface area contributed by atoms with Gasteiger partial charge in [-0.15, -0.1) is 0 Å². The average Bonchev–Trinajstić information content (AvgIpc) is 2.87. The van der Waals surface area contributed by atoms with Crippen molar-refractivity contribution in [2.45, 2.75) is 11.4 Å². The highest BCUT2D eigenvalue weighted by Crippen LogP contribution is 2.27. The van der Waals surface area contributed by atoms with Gasteiger partial charge < -0.3 is 11.1 Å². The Morgan fingerprint density at radius 1 is 0.886 bits per heavy atom. The molecule has 3 aromatic carbocycles. The number of nitrogen functional groups attached to an aromatic ring is 1. The van der Waals surface area contributed by atoms with E-state index in [0.29, 0.717) is 34.5 Å². The van der Waals surface area contributed by atoms with E-state index >= 15 is 0 Å². The summed E-state index contributed by atoms with van der Waals surface area (Å²) in [6.07, 6.45) is 3.18. The van der Waals surface area contributed by atoms with E-state index in [1.165, 1.54) is 6.07 Å². The Bertz CT molecular complexity index is 1660. The molecule has 0 spiro atoms. The van der Waals surface area contributed by atoms with E-state index in [0.717, 1.165) is 16.3 Å². The second-order valence-corrected chi connectivity index (χ2v) is 9.60. The fourth-order valence-electron chi connectivity index (χ4n) is 3.87. The van der Waals surface area contributed by atoms with Gasteiger partial charge in [0.15, 0.2) is 0 Å². The van der Waals surface area contributed by atoms with Crippen LogP contribution in [0.5, 0.6) is 0 Å². The molecule has 2 heterocycles. The van der Waals surface area contributed by atoms with Crippen molar-refractivity contribution < 1.29 is 13.2 Å². The molecule has 35 heavy (non-hydrogen) atoms. The fraction of sp³-hybridized carbons (Fsp3) is 0.0385. The molecule has 0 unspecified atom stereocenters. The van der Waals surface area contributed by atoms with Gasteiger partial charge >= 0.3 is 0 Å². The monoisotopic (exact) mass is 483 g/mol.